The molecule has 0 saturated heterocycles. The summed E-state index contributed by atoms with van der Waals surface area (Å²) in [7, 11) is 4.50. The summed E-state index contributed by atoms with van der Waals surface area (Å²) in [6.07, 6.45) is 0. The van der Waals surface area contributed by atoms with Gasteiger partial charge in [0.15, 0.2) is 5.71 Å². The van der Waals surface area contributed by atoms with Crippen LogP contribution in [0.3, 0.4) is 0 Å². The highest BCUT2D eigenvalue weighted by Gasteiger charge is 2.19. The van der Waals surface area contributed by atoms with Crippen LogP contribution in [-0.2, 0) is 28.0 Å². The van der Waals surface area contributed by atoms with Crippen LogP contribution in [0.1, 0.15) is 11.1 Å². The van der Waals surface area contributed by atoms with Crippen molar-refractivity contribution >= 4 is 11.7 Å². The lowest BCUT2D eigenvalue weighted by Gasteiger charge is -2.11. The third-order valence-electron chi connectivity index (χ3n) is 4.12. The highest BCUT2D eigenvalue weighted by atomic mass is 16.6. The first-order valence-corrected chi connectivity index (χ1v) is 8.64. The van der Waals surface area contributed by atoms with Gasteiger partial charge in [0.2, 0.25) is 5.88 Å². The van der Waals surface area contributed by atoms with Gasteiger partial charge in [0, 0.05) is 24.2 Å². The van der Waals surface area contributed by atoms with Crippen molar-refractivity contribution < 1.29 is 19.1 Å². The van der Waals surface area contributed by atoms with Crippen LogP contribution >= 0.6 is 0 Å². The molecule has 0 unspecified atom stereocenters. The van der Waals surface area contributed by atoms with E-state index in [1.54, 1.807) is 10.7 Å². The molecular formula is C21H21N3O4. The quantitative estimate of drug-likeness (QED) is 0.358. The monoisotopic (exact) mass is 379 g/mol. The Hall–Kier alpha value is -3.61. The minimum Gasteiger partial charge on any atom is -0.473 e. The van der Waals surface area contributed by atoms with Crippen LogP contribution in [0, 0.1) is 0 Å². The smallest absolute Gasteiger partial charge is 0.360 e. The summed E-state index contributed by atoms with van der Waals surface area (Å²) < 4.78 is 12.4. The molecular weight excluding hydrogens is 358 g/mol. The maximum Gasteiger partial charge on any atom is 0.360 e. The van der Waals surface area contributed by atoms with E-state index < -0.39 is 5.97 Å². The van der Waals surface area contributed by atoms with Gasteiger partial charge in [0.25, 0.3) is 0 Å². The highest BCUT2D eigenvalue weighted by molar-refractivity contribution is 6.43. The van der Waals surface area contributed by atoms with Gasteiger partial charge in [-0.2, -0.15) is 5.10 Å². The van der Waals surface area contributed by atoms with Crippen molar-refractivity contribution in [2.75, 3.05) is 14.2 Å². The van der Waals surface area contributed by atoms with Crippen LogP contribution in [0.25, 0.3) is 11.3 Å². The topological polar surface area (TPSA) is 74.9 Å². The molecule has 0 N–H and O–H groups in total. The lowest BCUT2D eigenvalue weighted by molar-refractivity contribution is -0.132. The van der Waals surface area contributed by atoms with E-state index in [1.807, 2.05) is 61.6 Å². The fraction of sp³-hybridized carbons (Fsp3) is 0.190. The van der Waals surface area contributed by atoms with Crippen LogP contribution in [0.2, 0.25) is 0 Å². The van der Waals surface area contributed by atoms with E-state index in [0.29, 0.717) is 11.4 Å². The normalized spacial score (nSPS) is 11.2. The first-order chi connectivity index (χ1) is 13.6. The van der Waals surface area contributed by atoms with Gasteiger partial charge in [-0.15, -0.1) is 0 Å². The molecule has 0 fully saturated rings. The standard InChI is InChI=1S/C21H21N3O4/c1-24-19(13-18(22-24)15-9-5-4-6-10-15)28-14-16-11-7-8-12-17(16)20(23-27-3)21(25)26-2/h4-13H,14H2,1-3H3/b23-20+. The fourth-order valence-corrected chi connectivity index (χ4v) is 2.75. The molecule has 0 bridgehead atoms. The van der Waals surface area contributed by atoms with Crippen molar-refractivity contribution in [3.05, 3.63) is 71.8 Å². The summed E-state index contributed by atoms with van der Waals surface area (Å²) in [5.74, 6) is 0.0261. The van der Waals surface area contributed by atoms with Crippen molar-refractivity contribution in [1.29, 1.82) is 0 Å². The third kappa shape index (κ3) is 4.20. The average Bonchev–Trinajstić information content (AvgIpc) is 3.11. The second-order valence-electron chi connectivity index (χ2n) is 5.92. The van der Waals surface area contributed by atoms with Crippen molar-refractivity contribution in [2.24, 2.45) is 12.2 Å². The van der Waals surface area contributed by atoms with E-state index in [1.165, 1.54) is 14.2 Å². The molecule has 0 atom stereocenters. The number of methoxy groups -OCH3 is 1. The molecule has 2 aromatic carbocycles. The van der Waals surface area contributed by atoms with E-state index in [0.717, 1.165) is 16.8 Å². The number of carbonyl (C=O) groups excluding carboxylic acids is 1. The number of aryl methyl sites for hydroxylation is 1. The Bertz CT molecular complexity index is 980. The Kier molecular flexibility index (Phi) is 6.06. The Morgan fingerprint density at radius 2 is 1.79 bits per heavy atom. The largest absolute Gasteiger partial charge is 0.473 e. The Labute approximate surface area is 163 Å². The molecule has 7 nitrogen and oxygen atoms in total. The molecule has 0 amide bonds. The number of hydrogen-bond donors (Lipinski definition) is 0. The number of carbonyl (C=O) groups is 1. The SMILES string of the molecule is CO/N=C(/C(=O)OC)c1ccccc1COc1cc(-c2ccccc2)nn1C. The minimum absolute atomic E-state index is 0.0826. The number of esters is 1. The van der Waals surface area contributed by atoms with Gasteiger partial charge in [0.05, 0.1) is 12.8 Å². The molecule has 144 valence electrons. The molecule has 0 aliphatic rings. The highest BCUT2D eigenvalue weighted by Crippen LogP contribution is 2.23. The van der Waals surface area contributed by atoms with Gasteiger partial charge in [-0.3, -0.25) is 0 Å². The lowest BCUT2D eigenvalue weighted by atomic mass is 10.0. The van der Waals surface area contributed by atoms with Crippen LogP contribution in [0.4, 0.5) is 0 Å². The van der Waals surface area contributed by atoms with Gasteiger partial charge in [-0.05, 0) is 5.56 Å². The van der Waals surface area contributed by atoms with E-state index in [4.69, 9.17) is 14.3 Å². The molecule has 3 aromatic rings. The van der Waals surface area contributed by atoms with E-state index >= 15 is 0 Å². The van der Waals surface area contributed by atoms with Gasteiger partial charge >= 0.3 is 5.97 Å². The predicted molar refractivity (Wildman–Crippen MR) is 105 cm³/mol. The van der Waals surface area contributed by atoms with Gasteiger partial charge in [-0.25, -0.2) is 9.48 Å². The first kappa shape index (κ1) is 19.2. The van der Waals surface area contributed by atoms with Crippen molar-refractivity contribution in [1.82, 2.24) is 9.78 Å². The number of benzene rings is 2. The maximum atomic E-state index is 12.1. The van der Waals surface area contributed by atoms with Crippen molar-refractivity contribution in [2.45, 2.75) is 6.61 Å². The second-order valence-corrected chi connectivity index (χ2v) is 5.92. The summed E-state index contributed by atoms with van der Waals surface area (Å²) in [6, 6.07) is 19.0. The minimum atomic E-state index is -0.582. The molecule has 0 saturated carbocycles. The number of hydrogen-bond acceptors (Lipinski definition) is 6. The zero-order valence-corrected chi connectivity index (χ0v) is 16.0. The molecule has 0 spiro atoms. The Morgan fingerprint density at radius 1 is 1.07 bits per heavy atom. The zero-order valence-electron chi connectivity index (χ0n) is 16.0. The number of ether oxygens (including phenoxy) is 2. The van der Waals surface area contributed by atoms with E-state index in [2.05, 4.69) is 10.3 Å². The van der Waals surface area contributed by atoms with Gasteiger partial charge in [-0.1, -0.05) is 59.8 Å². The Morgan fingerprint density at radius 3 is 2.50 bits per heavy atom. The van der Waals surface area contributed by atoms with Crippen molar-refractivity contribution in [3.8, 4) is 17.1 Å². The molecule has 3 rings (SSSR count). The van der Waals surface area contributed by atoms with Crippen LogP contribution in [0.15, 0.2) is 65.8 Å². The molecule has 0 radical (unpaired) electrons. The number of nitrogens with zero attached hydrogens (tertiary/aromatic N) is 3. The Balaban J connectivity index is 1.84. The number of rotatable bonds is 7. The molecule has 1 heterocycles. The molecule has 0 aliphatic carbocycles. The summed E-state index contributed by atoms with van der Waals surface area (Å²) in [5.41, 5.74) is 3.27. The zero-order chi connectivity index (χ0) is 19.9. The van der Waals surface area contributed by atoms with Crippen molar-refractivity contribution in [3.63, 3.8) is 0 Å². The second kappa shape index (κ2) is 8.85. The van der Waals surface area contributed by atoms with E-state index in [-0.39, 0.29) is 12.3 Å². The third-order valence-corrected chi connectivity index (χ3v) is 4.12. The molecule has 7 heteroatoms. The molecule has 1 aromatic heterocycles. The summed E-state index contributed by atoms with van der Waals surface area (Å²) in [4.78, 5) is 16.9. The fourth-order valence-electron chi connectivity index (χ4n) is 2.75. The first-order valence-electron chi connectivity index (χ1n) is 8.64. The molecule has 28 heavy (non-hydrogen) atoms. The average molecular weight is 379 g/mol. The number of aromatic nitrogens is 2. The molecule has 0 aliphatic heterocycles. The van der Waals surface area contributed by atoms with Crippen LogP contribution in [-0.4, -0.2) is 35.7 Å². The maximum absolute atomic E-state index is 12.1. The number of oxime groups is 1. The lowest BCUT2D eigenvalue weighted by Crippen LogP contribution is -2.20. The summed E-state index contributed by atoms with van der Waals surface area (Å²) >= 11 is 0. The van der Waals surface area contributed by atoms with E-state index in [9.17, 15) is 4.79 Å². The predicted octanol–water partition coefficient (Wildman–Crippen LogP) is 3.19. The summed E-state index contributed by atoms with van der Waals surface area (Å²) in [5, 5.41) is 8.31. The van der Waals surface area contributed by atoms with Crippen LogP contribution in [0.5, 0.6) is 5.88 Å². The summed E-state index contributed by atoms with van der Waals surface area (Å²) in [6.45, 7) is 0.226. The van der Waals surface area contributed by atoms with Gasteiger partial charge < -0.3 is 14.3 Å². The van der Waals surface area contributed by atoms with Crippen LogP contribution < -0.4 is 4.74 Å². The van der Waals surface area contributed by atoms with Gasteiger partial charge in [0.1, 0.15) is 13.7 Å².